The number of halogens is 7. The summed E-state index contributed by atoms with van der Waals surface area (Å²) < 4.78 is 80.4. The SMILES string of the molecule is O=C(Nc1ccc(Cl)c(C(F)(F)F)c1)Nc1ccc(Nc2nccc(-c3ccc[nH]3)n2)c(C(F)(F)F)c1. The van der Waals surface area contributed by atoms with E-state index in [4.69, 9.17) is 11.6 Å². The lowest BCUT2D eigenvalue weighted by molar-refractivity contribution is -0.138. The highest BCUT2D eigenvalue weighted by atomic mass is 35.5. The van der Waals surface area contributed by atoms with Crippen LogP contribution in [0.2, 0.25) is 5.02 Å². The number of benzene rings is 2. The third-order valence-electron chi connectivity index (χ3n) is 4.89. The highest BCUT2D eigenvalue weighted by Crippen LogP contribution is 2.38. The second-order valence-electron chi connectivity index (χ2n) is 7.50. The molecule has 0 unspecified atom stereocenters. The zero-order valence-corrected chi connectivity index (χ0v) is 19.1. The number of alkyl halides is 6. The Morgan fingerprint density at radius 1 is 0.865 bits per heavy atom. The van der Waals surface area contributed by atoms with Crippen LogP contribution in [0.25, 0.3) is 11.4 Å². The van der Waals surface area contributed by atoms with Crippen LogP contribution in [-0.2, 0) is 12.4 Å². The van der Waals surface area contributed by atoms with Gasteiger partial charge in [-0.2, -0.15) is 26.3 Å². The molecule has 0 aliphatic carbocycles. The van der Waals surface area contributed by atoms with Gasteiger partial charge in [0.05, 0.1) is 33.2 Å². The number of hydrogen-bond acceptors (Lipinski definition) is 4. The Hall–Kier alpha value is -4.26. The molecule has 4 aromatic rings. The smallest absolute Gasteiger partial charge is 0.360 e. The summed E-state index contributed by atoms with van der Waals surface area (Å²) in [4.78, 5) is 23.3. The van der Waals surface area contributed by atoms with Gasteiger partial charge >= 0.3 is 18.4 Å². The van der Waals surface area contributed by atoms with Crippen molar-refractivity contribution in [2.45, 2.75) is 12.4 Å². The lowest BCUT2D eigenvalue weighted by atomic mass is 10.1. The maximum Gasteiger partial charge on any atom is 0.418 e. The predicted molar refractivity (Wildman–Crippen MR) is 126 cm³/mol. The van der Waals surface area contributed by atoms with Gasteiger partial charge in [0.1, 0.15) is 0 Å². The summed E-state index contributed by atoms with van der Waals surface area (Å²) in [6, 6.07) is 9.54. The van der Waals surface area contributed by atoms with Crippen LogP contribution in [-0.4, -0.2) is 21.0 Å². The summed E-state index contributed by atoms with van der Waals surface area (Å²) >= 11 is 5.54. The van der Waals surface area contributed by atoms with E-state index in [-0.39, 0.29) is 23.0 Å². The van der Waals surface area contributed by atoms with Crippen molar-refractivity contribution in [2.24, 2.45) is 0 Å². The minimum Gasteiger partial charge on any atom is -0.360 e. The van der Waals surface area contributed by atoms with Crippen molar-refractivity contribution in [3.05, 3.63) is 83.1 Å². The molecule has 37 heavy (non-hydrogen) atoms. The van der Waals surface area contributed by atoms with Gasteiger partial charge in [-0.15, -0.1) is 0 Å². The summed E-state index contributed by atoms with van der Waals surface area (Å²) in [6.45, 7) is 0. The molecule has 192 valence electrons. The molecule has 0 saturated heterocycles. The van der Waals surface area contributed by atoms with Gasteiger partial charge in [-0.1, -0.05) is 11.6 Å². The van der Waals surface area contributed by atoms with Crippen molar-refractivity contribution in [2.75, 3.05) is 16.0 Å². The average Bonchev–Trinajstić information content (AvgIpc) is 3.35. The number of hydrogen-bond donors (Lipinski definition) is 4. The summed E-state index contributed by atoms with van der Waals surface area (Å²) in [5.41, 5.74) is -2.13. The standard InChI is InChI=1S/C23H15ClF6N6O/c24-16-5-3-12(10-14(16)22(25,26)27)33-21(37)34-13-4-6-17(15(11-13)23(28,29)30)35-20-32-9-7-19(36-20)18-2-1-8-31-18/h1-11,31H,(H,32,35,36)(H2,33,34,37). The predicted octanol–water partition coefficient (Wildman–Crippen LogP) is 7.55. The van der Waals surface area contributed by atoms with E-state index >= 15 is 0 Å². The van der Waals surface area contributed by atoms with E-state index in [0.29, 0.717) is 23.5 Å². The molecule has 4 rings (SSSR count). The third kappa shape index (κ3) is 6.30. The molecule has 2 amide bonds. The number of rotatable bonds is 5. The number of nitrogens with one attached hydrogen (secondary N) is 4. The molecule has 7 nitrogen and oxygen atoms in total. The fourth-order valence-electron chi connectivity index (χ4n) is 3.26. The minimum atomic E-state index is -4.83. The first-order valence-electron chi connectivity index (χ1n) is 10.3. The molecule has 2 aromatic carbocycles. The maximum atomic E-state index is 13.8. The first kappa shape index (κ1) is 25.8. The Balaban J connectivity index is 1.53. The summed E-state index contributed by atoms with van der Waals surface area (Å²) in [5.74, 6) is -0.0979. The highest BCUT2D eigenvalue weighted by molar-refractivity contribution is 6.31. The molecule has 0 saturated carbocycles. The molecule has 0 fully saturated rings. The van der Waals surface area contributed by atoms with Gasteiger partial charge in [0.25, 0.3) is 0 Å². The molecule has 0 spiro atoms. The van der Waals surface area contributed by atoms with E-state index in [1.54, 1.807) is 24.4 Å². The molecule has 0 atom stereocenters. The van der Waals surface area contributed by atoms with E-state index in [9.17, 15) is 31.1 Å². The molecular formula is C23H15ClF6N6O. The van der Waals surface area contributed by atoms with E-state index in [1.807, 2.05) is 0 Å². The Labute approximate surface area is 209 Å². The normalized spacial score (nSPS) is 11.8. The highest BCUT2D eigenvalue weighted by Gasteiger charge is 2.35. The Bertz CT molecular complexity index is 1420. The topological polar surface area (TPSA) is 94.7 Å². The monoisotopic (exact) mass is 540 g/mol. The van der Waals surface area contributed by atoms with Crippen LogP contribution >= 0.6 is 11.6 Å². The van der Waals surface area contributed by atoms with Crippen molar-refractivity contribution in [3.63, 3.8) is 0 Å². The number of carbonyl (C=O) groups excluding carboxylic acids is 1. The van der Waals surface area contributed by atoms with Gasteiger partial charge in [0.15, 0.2) is 0 Å². The van der Waals surface area contributed by atoms with E-state index in [1.165, 1.54) is 12.3 Å². The number of H-pyrrole nitrogens is 1. The summed E-state index contributed by atoms with van der Waals surface area (Å²) in [6.07, 6.45) is -6.55. The van der Waals surface area contributed by atoms with Crippen LogP contribution < -0.4 is 16.0 Å². The molecule has 0 aliphatic rings. The maximum absolute atomic E-state index is 13.8. The fourth-order valence-corrected chi connectivity index (χ4v) is 3.48. The molecule has 2 aromatic heterocycles. The number of aromatic amines is 1. The van der Waals surface area contributed by atoms with E-state index in [0.717, 1.165) is 18.2 Å². The molecule has 4 N–H and O–H groups in total. The largest absolute Gasteiger partial charge is 0.418 e. The van der Waals surface area contributed by atoms with Gasteiger partial charge in [0, 0.05) is 23.8 Å². The van der Waals surface area contributed by atoms with E-state index in [2.05, 4.69) is 30.9 Å². The minimum absolute atomic E-state index is 0.0979. The lowest BCUT2D eigenvalue weighted by Crippen LogP contribution is -2.20. The van der Waals surface area contributed by atoms with Crippen LogP contribution in [0.3, 0.4) is 0 Å². The number of urea groups is 1. The number of nitrogens with zero attached hydrogens (tertiary/aromatic N) is 2. The van der Waals surface area contributed by atoms with Gasteiger partial charge in [-0.3, -0.25) is 0 Å². The van der Waals surface area contributed by atoms with Crippen LogP contribution in [0, 0.1) is 0 Å². The van der Waals surface area contributed by atoms with Crippen molar-refractivity contribution < 1.29 is 31.1 Å². The molecule has 14 heteroatoms. The Morgan fingerprint density at radius 3 is 2.14 bits per heavy atom. The molecular weight excluding hydrogens is 526 g/mol. The molecule has 0 aliphatic heterocycles. The average molecular weight is 541 g/mol. The lowest BCUT2D eigenvalue weighted by Gasteiger charge is -2.16. The number of amides is 2. The zero-order chi connectivity index (χ0) is 26.8. The van der Waals surface area contributed by atoms with Gasteiger partial charge in [-0.05, 0) is 54.6 Å². The molecule has 0 radical (unpaired) electrons. The Morgan fingerprint density at radius 2 is 1.51 bits per heavy atom. The quantitative estimate of drug-likeness (QED) is 0.197. The zero-order valence-electron chi connectivity index (χ0n) is 18.3. The van der Waals surface area contributed by atoms with Crippen LogP contribution in [0.1, 0.15) is 11.1 Å². The molecule has 2 heterocycles. The first-order chi connectivity index (χ1) is 17.4. The van der Waals surface area contributed by atoms with Crippen molar-refractivity contribution in [1.82, 2.24) is 15.0 Å². The summed E-state index contributed by atoms with van der Waals surface area (Å²) in [5, 5.41) is 6.25. The Kier molecular flexibility index (Phi) is 6.99. The first-order valence-corrected chi connectivity index (χ1v) is 10.7. The van der Waals surface area contributed by atoms with Crippen LogP contribution in [0.4, 0.5) is 54.1 Å². The van der Waals surface area contributed by atoms with E-state index < -0.39 is 34.5 Å². The second kappa shape index (κ2) is 10.0. The summed E-state index contributed by atoms with van der Waals surface area (Å²) in [7, 11) is 0. The number of aromatic nitrogens is 3. The van der Waals surface area contributed by atoms with Crippen molar-refractivity contribution >= 4 is 40.6 Å². The number of anilines is 4. The van der Waals surface area contributed by atoms with Gasteiger partial charge in [0.2, 0.25) is 5.95 Å². The third-order valence-corrected chi connectivity index (χ3v) is 5.22. The molecule has 0 bridgehead atoms. The van der Waals surface area contributed by atoms with Crippen LogP contribution in [0.15, 0.2) is 67.0 Å². The van der Waals surface area contributed by atoms with Crippen molar-refractivity contribution in [1.29, 1.82) is 0 Å². The second-order valence-corrected chi connectivity index (χ2v) is 7.91. The van der Waals surface area contributed by atoms with Gasteiger partial charge < -0.3 is 20.9 Å². The van der Waals surface area contributed by atoms with Crippen molar-refractivity contribution in [3.8, 4) is 11.4 Å². The van der Waals surface area contributed by atoms with Crippen LogP contribution in [0.5, 0.6) is 0 Å². The van der Waals surface area contributed by atoms with Gasteiger partial charge in [-0.25, -0.2) is 14.8 Å². The number of carbonyl (C=O) groups is 1. The fraction of sp³-hybridized carbons (Fsp3) is 0.0870.